The van der Waals surface area contributed by atoms with Gasteiger partial charge in [-0.1, -0.05) is 6.07 Å². The Morgan fingerprint density at radius 1 is 1.27 bits per heavy atom. The van der Waals surface area contributed by atoms with Crippen LogP contribution >= 0.6 is 10.6 Å². The molecular weight excluding hydrogens is 420 g/mol. The van der Waals surface area contributed by atoms with Gasteiger partial charge in [0, 0.05) is 11.6 Å². The number of aromatic amines is 1. The van der Waals surface area contributed by atoms with Crippen molar-refractivity contribution in [2.75, 3.05) is 11.5 Å². The molecule has 4 rings (SSSR count). The lowest BCUT2D eigenvalue weighted by Gasteiger charge is -2.54. The van der Waals surface area contributed by atoms with E-state index < -0.39 is 34.3 Å². The van der Waals surface area contributed by atoms with Gasteiger partial charge in [-0.05, 0) is 37.3 Å². The van der Waals surface area contributed by atoms with E-state index in [1.807, 2.05) is 0 Å². The van der Waals surface area contributed by atoms with Gasteiger partial charge in [0.15, 0.2) is 0 Å². The van der Waals surface area contributed by atoms with Gasteiger partial charge in [-0.3, -0.25) is 18.5 Å². The largest absolute Gasteiger partial charge is 0.435 e. The molecule has 1 amide bonds. The molecule has 4 N–H and O–H groups in total. The smallest absolute Gasteiger partial charge is 0.387 e. The number of H-pyrrole nitrogens is 1. The average Bonchev–Trinajstić information content (AvgIpc) is 2.94. The van der Waals surface area contributed by atoms with Gasteiger partial charge in [0.25, 0.3) is 5.91 Å². The lowest BCUT2D eigenvalue weighted by atomic mass is 10.1. The van der Waals surface area contributed by atoms with Crippen molar-refractivity contribution in [1.29, 1.82) is 0 Å². The van der Waals surface area contributed by atoms with Gasteiger partial charge in [-0.15, -0.1) is 0 Å². The number of imidazole rings is 1. The van der Waals surface area contributed by atoms with Gasteiger partial charge in [0.1, 0.15) is 5.75 Å². The first kappa shape index (κ1) is 20.4. The topological polar surface area (TPSA) is 117 Å². The second-order valence-corrected chi connectivity index (χ2v) is 9.66. The molecule has 0 spiro atoms. The minimum Gasteiger partial charge on any atom is -0.435 e. The van der Waals surface area contributed by atoms with Gasteiger partial charge in [0.2, 0.25) is 0 Å². The van der Waals surface area contributed by atoms with Crippen LogP contribution in [0.1, 0.15) is 17.3 Å². The molecule has 1 fully saturated rings. The number of rotatable bonds is 5. The predicted molar refractivity (Wildman–Crippen MR) is 109 cm³/mol. The third kappa shape index (κ3) is 3.91. The highest BCUT2D eigenvalue weighted by molar-refractivity contribution is 8.25. The van der Waals surface area contributed by atoms with Crippen LogP contribution in [0, 0.1) is 0 Å². The molecule has 2 heterocycles. The zero-order valence-electron chi connectivity index (χ0n) is 15.8. The van der Waals surface area contributed by atoms with Crippen molar-refractivity contribution < 1.29 is 27.4 Å². The van der Waals surface area contributed by atoms with Crippen molar-refractivity contribution in [2.45, 2.75) is 19.1 Å². The molecule has 0 saturated carbocycles. The van der Waals surface area contributed by atoms with Crippen molar-refractivity contribution in [3.63, 3.8) is 0 Å². The van der Waals surface area contributed by atoms with Crippen LogP contribution in [0.4, 0.5) is 8.78 Å². The second kappa shape index (κ2) is 7.11. The summed E-state index contributed by atoms with van der Waals surface area (Å²) in [4.78, 5) is 27.7. The van der Waals surface area contributed by atoms with Crippen molar-refractivity contribution in [2.24, 2.45) is 0 Å². The molecule has 1 aliphatic heterocycles. The third-order valence-electron chi connectivity index (χ3n) is 4.76. The quantitative estimate of drug-likeness (QED) is 0.487. The molecule has 1 aromatic heterocycles. The molecule has 1 saturated heterocycles. The number of nitrogens with one attached hydrogen (secondary N) is 2. The summed E-state index contributed by atoms with van der Waals surface area (Å²) in [5.74, 6) is -0.300. The summed E-state index contributed by atoms with van der Waals surface area (Å²) < 4.78 is 49.8. The van der Waals surface area contributed by atoms with Crippen LogP contribution < -0.4 is 15.7 Å². The van der Waals surface area contributed by atoms with Gasteiger partial charge in [-0.25, -0.2) is 4.79 Å². The Morgan fingerprint density at radius 2 is 2.00 bits per heavy atom. The van der Waals surface area contributed by atoms with E-state index in [4.69, 9.17) is 0 Å². The van der Waals surface area contributed by atoms with Crippen molar-refractivity contribution >= 4 is 27.5 Å². The van der Waals surface area contributed by atoms with Crippen LogP contribution in [0.2, 0.25) is 0 Å². The number of carbonyl (C=O) groups is 1. The van der Waals surface area contributed by atoms with E-state index in [9.17, 15) is 27.5 Å². The van der Waals surface area contributed by atoms with Crippen LogP contribution in [0.5, 0.6) is 5.75 Å². The molecule has 0 unspecified atom stereocenters. The fraction of sp³-hybridized carbons (Fsp3) is 0.263. The fourth-order valence-corrected chi connectivity index (χ4v) is 5.81. The van der Waals surface area contributed by atoms with E-state index in [0.717, 1.165) is 0 Å². The maximum absolute atomic E-state index is 12.6. The van der Waals surface area contributed by atoms with Gasteiger partial charge in [-0.2, -0.15) is 19.4 Å². The molecule has 160 valence electrons. The standard InChI is InChI=1S/C19H19F2N3O5S/c1-19(9-30(27,28)10-19)23-16(25)11-5-6-15-14(7-11)22-18(26)24(15)12-3-2-4-13(8-12)29-17(20)21/h2-8,17,27-28H,9-10H2,1H3,(H,22,26)(H,23,25). The molecule has 11 heteroatoms. The molecule has 1 aliphatic rings. The summed E-state index contributed by atoms with van der Waals surface area (Å²) in [5.41, 5.74) is 0.251. The summed E-state index contributed by atoms with van der Waals surface area (Å²) in [5, 5.41) is 2.78. The van der Waals surface area contributed by atoms with Crippen LogP contribution in [-0.4, -0.2) is 48.2 Å². The molecule has 8 nitrogen and oxygen atoms in total. The Balaban J connectivity index is 1.63. The van der Waals surface area contributed by atoms with E-state index in [1.165, 1.54) is 34.9 Å². The number of ether oxygens (including phenoxy) is 1. The van der Waals surface area contributed by atoms with Crippen molar-refractivity contribution in [1.82, 2.24) is 14.9 Å². The predicted octanol–water partition coefficient (Wildman–Crippen LogP) is 3.17. The maximum atomic E-state index is 12.6. The van der Waals surface area contributed by atoms with Gasteiger partial charge < -0.3 is 15.0 Å². The van der Waals surface area contributed by atoms with E-state index in [0.29, 0.717) is 16.7 Å². The molecule has 2 aromatic carbocycles. The van der Waals surface area contributed by atoms with Crippen LogP contribution in [0.15, 0.2) is 47.3 Å². The molecule has 3 aromatic rings. The van der Waals surface area contributed by atoms with Gasteiger partial charge in [0.05, 0.1) is 33.8 Å². The summed E-state index contributed by atoms with van der Waals surface area (Å²) in [7, 11) is -2.62. The first-order valence-electron chi connectivity index (χ1n) is 8.91. The zero-order valence-corrected chi connectivity index (χ0v) is 16.6. The average molecular weight is 439 g/mol. The highest BCUT2D eigenvalue weighted by atomic mass is 32.3. The number of halogens is 2. The number of nitrogens with zero attached hydrogens (tertiary/aromatic N) is 1. The number of hydrogen-bond donors (Lipinski definition) is 4. The highest BCUT2D eigenvalue weighted by Gasteiger charge is 2.45. The third-order valence-corrected chi connectivity index (χ3v) is 6.96. The summed E-state index contributed by atoms with van der Waals surface area (Å²) in [6, 6.07) is 10.3. The zero-order chi connectivity index (χ0) is 21.7. The lowest BCUT2D eigenvalue weighted by Crippen LogP contribution is -2.61. The van der Waals surface area contributed by atoms with Crippen LogP contribution in [0.25, 0.3) is 16.7 Å². The Kier molecular flexibility index (Phi) is 4.83. The first-order chi connectivity index (χ1) is 14.1. The summed E-state index contributed by atoms with van der Waals surface area (Å²) >= 11 is 0. The highest BCUT2D eigenvalue weighted by Crippen LogP contribution is 2.53. The Bertz CT molecular complexity index is 1180. The number of benzene rings is 2. The van der Waals surface area contributed by atoms with E-state index in [-0.39, 0.29) is 22.8 Å². The maximum Gasteiger partial charge on any atom is 0.387 e. The first-order valence-corrected chi connectivity index (χ1v) is 10.8. The summed E-state index contributed by atoms with van der Waals surface area (Å²) in [6.07, 6.45) is 0. The van der Waals surface area contributed by atoms with Gasteiger partial charge >= 0.3 is 12.3 Å². The number of aromatic nitrogens is 2. The molecular formula is C19H19F2N3O5S. The minimum absolute atomic E-state index is 0.0838. The number of fused-ring (bicyclic) bond motifs is 1. The lowest BCUT2D eigenvalue weighted by molar-refractivity contribution is -0.0498. The summed E-state index contributed by atoms with van der Waals surface area (Å²) in [6.45, 7) is -1.25. The SMILES string of the molecule is CC1(NC(=O)c2ccc3c(c2)[nH]c(=O)n3-c2cccc(OC(F)F)c2)CS(O)(O)C1. The van der Waals surface area contributed by atoms with Crippen molar-refractivity contribution in [3.8, 4) is 11.4 Å². The van der Waals surface area contributed by atoms with E-state index in [2.05, 4.69) is 15.0 Å². The Labute approximate surface area is 170 Å². The molecule has 0 radical (unpaired) electrons. The molecule has 0 bridgehead atoms. The minimum atomic E-state index is -2.98. The molecule has 0 atom stereocenters. The number of alkyl halides is 2. The fourth-order valence-electron chi connectivity index (χ4n) is 3.70. The normalized spacial score (nSPS) is 18.1. The number of hydrogen-bond acceptors (Lipinski definition) is 5. The van der Waals surface area contributed by atoms with Crippen molar-refractivity contribution in [3.05, 3.63) is 58.5 Å². The van der Waals surface area contributed by atoms with Crippen LogP contribution in [-0.2, 0) is 0 Å². The van der Waals surface area contributed by atoms with E-state index >= 15 is 0 Å². The molecule has 30 heavy (non-hydrogen) atoms. The van der Waals surface area contributed by atoms with Crippen LogP contribution in [0.3, 0.4) is 0 Å². The Morgan fingerprint density at radius 3 is 2.67 bits per heavy atom. The monoisotopic (exact) mass is 439 g/mol. The number of amides is 1. The number of carbonyl (C=O) groups excluding carboxylic acids is 1. The second-order valence-electron chi connectivity index (χ2n) is 7.48. The Hall–Kier alpha value is -2.89. The van der Waals surface area contributed by atoms with E-state index in [1.54, 1.807) is 19.1 Å². The molecule has 0 aliphatic carbocycles.